The number of anilines is 1. The van der Waals surface area contributed by atoms with Crippen LogP contribution in [0.3, 0.4) is 0 Å². The Morgan fingerprint density at radius 1 is 1.00 bits per heavy atom. The zero-order chi connectivity index (χ0) is 24.3. The van der Waals surface area contributed by atoms with Crippen molar-refractivity contribution in [2.45, 2.75) is 38.8 Å². The van der Waals surface area contributed by atoms with Gasteiger partial charge in [0.25, 0.3) is 0 Å². The van der Waals surface area contributed by atoms with E-state index in [1.807, 2.05) is 28.9 Å². The van der Waals surface area contributed by atoms with E-state index in [2.05, 4.69) is 52.2 Å². The molecule has 1 aromatic heterocycles. The normalized spacial score (nSPS) is 15.9. The molecule has 0 aliphatic carbocycles. The Balaban J connectivity index is 1.72. The molecule has 9 heteroatoms. The lowest BCUT2D eigenvalue weighted by molar-refractivity contribution is 0.183. The number of methoxy groups -OCH3 is 2. The highest BCUT2D eigenvalue weighted by molar-refractivity contribution is 5.50. The highest BCUT2D eigenvalue weighted by Gasteiger charge is 2.36. The molecular weight excluding hydrogens is 435 g/mol. The van der Waals surface area contributed by atoms with Gasteiger partial charge in [-0.05, 0) is 61.0 Å². The van der Waals surface area contributed by atoms with Gasteiger partial charge in [0, 0.05) is 37.4 Å². The van der Waals surface area contributed by atoms with Crippen LogP contribution in [0.4, 0.5) is 10.1 Å². The molecule has 0 amide bonds. The molecule has 1 fully saturated rings. The van der Waals surface area contributed by atoms with Gasteiger partial charge in [-0.25, -0.2) is 9.07 Å². The zero-order valence-corrected chi connectivity index (χ0v) is 20.5. The van der Waals surface area contributed by atoms with Crippen LogP contribution in [0, 0.1) is 5.82 Å². The Morgan fingerprint density at radius 3 is 2.32 bits per heavy atom. The van der Waals surface area contributed by atoms with Gasteiger partial charge in [-0.1, -0.05) is 19.1 Å². The number of benzene rings is 2. The van der Waals surface area contributed by atoms with Crippen LogP contribution in [0.25, 0.3) is 0 Å². The first-order chi connectivity index (χ1) is 16.4. The minimum Gasteiger partial charge on any atom is -0.493 e. The predicted octanol–water partition coefficient (Wildman–Crippen LogP) is 3.89. The van der Waals surface area contributed by atoms with Gasteiger partial charge in [-0.2, -0.15) is 0 Å². The van der Waals surface area contributed by atoms with Crippen LogP contribution in [0.15, 0.2) is 42.5 Å². The number of nitrogens with zero attached hydrogens (tertiary/aromatic N) is 6. The molecule has 2 heterocycles. The van der Waals surface area contributed by atoms with E-state index in [1.54, 1.807) is 14.2 Å². The van der Waals surface area contributed by atoms with Gasteiger partial charge in [0.1, 0.15) is 11.9 Å². The van der Waals surface area contributed by atoms with Gasteiger partial charge in [-0.3, -0.25) is 4.90 Å². The summed E-state index contributed by atoms with van der Waals surface area (Å²) in [5, 5.41) is 13.0. The van der Waals surface area contributed by atoms with E-state index < -0.39 is 0 Å². The standard InChI is InChI=1S/C25H33FN6O2/c1-6-25(2,3)32-24(27-28-29-32)22(20-8-7-9-21(33-4)23(20)34-5)31-16-14-30(15-17-31)19-12-10-18(26)11-13-19/h7-13,22H,6,14-17H2,1-5H3/t22-/m1/s1. The third-order valence-electron chi connectivity index (χ3n) is 6.78. The van der Waals surface area contributed by atoms with Crippen molar-refractivity contribution in [3.63, 3.8) is 0 Å². The highest BCUT2D eigenvalue weighted by Crippen LogP contribution is 2.40. The van der Waals surface area contributed by atoms with Gasteiger partial charge in [0.05, 0.1) is 19.8 Å². The minimum absolute atomic E-state index is 0.221. The average molecular weight is 469 g/mol. The van der Waals surface area contributed by atoms with Gasteiger partial charge < -0.3 is 14.4 Å². The number of hydrogen-bond donors (Lipinski definition) is 0. The van der Waals surface area contributed by atoms with E-state index in [4.69, 9.17) is 9.47 Å². The first kappa shape index (κ1) is 23.9. The molecule has 3 aromatic rings. The average Bonchev–Trinajstić information content (AvgIpc) is 3.35. The van der Waals surface area contributed by atoms with Crippen LogP contribution in [0.5, 0.6) is 11.5 Å². The molecule has 34 heavy (non-hydrogen) atoms. The fraction of sp³-hybridized carbons (Fsp3) is 0.480. The summed E-state index contributed by atoms with van der Waals surface area (Å²) < 4.78 is 26.7. The molecule has 1 atom stereocenters. The van der Waals surface area contributed by atoms with Crippen molar-refractivity contribution in [3.8, 4) is 11.5 Å². The summed E-state index contributed by atoms with van der Waals surface area (Å²) in [5.74, 6) is 1.90. The van der Waals surface area contributed by atoms with Crippen molar-refractivity contribution in [1.82, 2.24) is 25.1 Å². The summed E-state index contributed by atoms with van der Waals surface area (Å²) in [6.45, 7) is 9.57. The van der Waals surface area contributed by atoms with Gasteiger partial charge in [-0.15, -0.1) is 5.10 Å². The molecule has 0 radical (unpaired) electrons. The Bertz CT molecular complexity index is 1090. The fourth-order valence-corrected chi connectivity index (χ4v) is 4.46. The lowest BCUT2D eigenvalue weighted by Gasteiger charge is -2.40. The van der Waals surface area contributed by atoms with Crippen molar-refractivity contribution in [3.05, 3.63) is 59.7 Å². The van der Waals surface area contributed by atoms with Crippen LogP contribution in [-0.4, -0.2) is 65.5 Å². The Morgan fingerprint density at radius 2 is 1.71 bits per heavy atom. The number of aromatic nitrogens is 4. The number of halogens is 1. The molecular formula is C25H33FN6O2. The zero-order valence-electron chi connectivity index (χ0n) is 20.5. The second-order valence-corrected chi connectivity index (χ2v) is 9.10. The lowest BCUT2D eigenvalue weighted by atomic mass is 9.98. The number of tetrazole rings is 1. The summed E-state index contributed by atoms with van der Waals surface area (Å²) in [5.41, 5.74) is 1.73. The first-order valence-electron chi connectivity index (χ1n) is 11.6. The molecule has 182 valence electrons. The lowest BCUT2D eigenvalue weighted by Crippen LogP contribution is -2.49. The topological polar surface area (TPSA) is 68.5 Å². The molecule has 1 aliphatic heterocycles. The molecule has 0 N–H and O–H groups in total. The molecule has 0 unspecified atom stereocenters. The number of para-hydroxylation sites is 1. The molecule has 0 bridgehead atoms. The van der Waals surface area contributed by atoms with Gasteiger partial charge >= 0.3 is 0 Å². The Labute approximate surface area is 200 Å². The summed E-state index contributed by atoms with van der Waals surface area (Å²) in [6, 6.07) is 12.4. The predicted molar refractivity (Wildman–Crippen MR) is 129 cm³/mol. The Hall–Kier alpha value is -3.20. The minimum atomic E-state index is -0.251. The van der Waals surface area contributed by atoms with Crippen LogP contribution >= 0.6 is 0 Å². The largest absolute Gasteiger partial charge is 0.493 e. The van der Waals surface area contributed by atoms with Crippen LogP contribution in [0.2, 0.25) is 0 Å². The third kappa shape index (κ3) is 4.57. The number of ether oxygens (including phenoxy) is 2. The number of hydrogen-bond acceptors (Lipinski definition) is 7. The summed E-state index contributed by atoms with van der Waals surface area (Å²) in [7, 11) is 3.30. The quantitative estimate of drug-likeness (QED) is 0.497. The third-order valence-corrected chi connectivity index (χ3v) is 6.78. The van der Waals surface area contributed by atoms with E-state index in [1.165, 1.54) is 12.1 Å². The summed E-state index contributed by atoms with van der Waals surface area (Å²) in [6.07, 6.45) is 0.880. The first-order valence-corrected chi connectivity index (χ1v) is 11.6. The maximum absolute atomic E-state index is 13.4. The second kappa shape index (κ2) is 9.97. The molecule has 0 saturated carbocycles. The summed E-state index contributed by atoms with van der Waals surface area (Å²) >= 11 is 0. The molecule has 1 aliphatic rings. The maximum Gasteiger partial charge on any atom is 0.173 e. The molecule has 8 nitrogen and oxygen atoms in total. The van der Waals surface area contributed by atoms with Gasteiger partial charge in [0.2, 0.25) is 0 Å². The van der Waals surface area contributed by atoms with Crippen molar-refractivity contribution in [1.29, 1.82) is 0 Å². The second-order valence-electron chi connectivity index (χ2n) is 9.10. The molecule has 4 rings (SSSR count). The smallest absolute Gasteiger partial charge is 0.173 e. The van der Waals surface area contributed by atoms with Gasteiger partial charge in [0.15, 0.2) is 17.3 Å². The molecule has 2 aromatic carbocycles. The molecule has 0 spiro atoms. The van der Waals surface area contributed by atoms with Crippen LogP contribution in [0.1, 0.15) is 44.6 Å². The van der Waals surface area contributed by atoms with Crippen molar-refractivity contribution >= 4 is 5.69 Å². The van der Waals surface area contributed by atoms with E-state index in [0.717, 1.165) is 49.7 Å². The van der Waals surface area contributed by atoms with Crippen molar-refractivity contribution < 1.29 is 13.9 Å². The van der Waals surface area contributed by atoms with Crippen molar-refractivity contribution in [2.24, 2.45) is 0 Å². The highest BCUT2D eigenvalue weighted by atomic mass is 19.1. The monoisotopic (exact) mass is 468 g/mol. The van der Waals surface area contributed by atoms with E-state index in [0.29, 0.717) is 11.5 Å². The maximum atomic E-state index is 13.4. The number of piperazine rings is 1. The van der Waals surface area contributed by atoms with E-state index in [9.17, 15) is 4.39 Å². The van der Waals surface area contributed by atoms with E-state index >= 15 is 0 Å². The number of rotatable bonds is 8. The fourth-order valence-electron chi connectivity index (χ4n) is 4.46. The van der Waals surface area contributed by atoms with E-state index in [-0.39, 0.29) is 17.4 Å². The summed E-state index contributed by atoms with van der Waals surface area (Å²) in [4.78, 5) is 4.65. The Kier molecular flexibility index (Phi) is 7.02. The molecule has 1 saturated heterocycles. The SMILES string of the molecule is CCC(C)(C)n1nnnc1[C@@H](c1cccc(OC)c1OC)N1CCN(c2ccc(F)cc2)CC1. The van der Waals surface area contributed by atoms with Crippen LogP contribution < -0.4 is 14.4 Å². The van der Waals surface area contributed by atoms with Crippen LogP contribution in [-0.2, 0) is 5.54 Å². The van der Waals surface area contributed by atoms with Crippen molar-refractivity contribution in [2.75, 3.05) is 45.3 Å².